The first-order chi connectivity index (χ1) is 14.2. The van der Waals surface area contributed by atoms with Crippen LogP contribution in [0.5, 0.6) is 11.5 Å². The summed E-state index contributed by atoms with van der Waals surface area (Å²) in [6.07, 6.45) is 1.92. The Morgan fingerprint density at radius 1 is 0.862 bits per heavy atom. The van der Waals surface area contributed by atoms with E-state index in [2.05, 4.69) is 52.6 Å². The Kier molecular flexibility index (Phi) is 5.51. The maximum absolute atomic E-state index is 5.66. The third kappa shape index (κ3) is 4.26. The Morgan fingerprint density at radius 2 is 1.59 bits per heavy atom. The van der Waals surface area contributed by atoms with Gasteiger partial charge in [-0.2, -0.15) is 4.98 Å². The standard InChI is InChI=1S/C23H26N4O2/c1-4-16-7-6-8-17(5-2)22(16)26-21-13-15(3)24-23(27-21)25-18-9-10-19-20(14-18)29-12-11-28-19/h6-10,13-14H,4-5,11-12H2,1-3H3,(H2,24,25,26,27). The predicted molar refractivity (Wildman–Crippen MR) is 116 cm³/mol. The lowest BCUT2D eigenvalue weighted by atomic mass is 10.0. The third-order valence-corrected chi connectivity index (χ3v) is 4.90. The van der Waals surface area contributed by atoms with Gasteiger partial charge >= 0.3 is 0 Å². The van der Waals surface area contributed by atoms with Gasteiger partial charge in [-0.3, -0.25) is 0 Å². The smallest absolute Gasteiger partial charge is 0.229 e. The predicted octanol–water partition coefficient (Wildman–Crippen LogP) is 5.17. The van der Waals surface area contributed by atoms with Crippen LogP contribution in [0.25, 0.3) is 0 Å². The first kappa shape index (κ1) is 19.1. The van der Waals surface area contributed by atoms with Crippen molar-refractivity contribution in [3.63, 3.8) is 0 Å². The number of nitrogens with zero attached hydrogens (tertiary/aromatic N) is 2. The van der Waals surface area contributed by atoms with Crippen LogP contribution in [-0.2, 0) is 12.8 Å². The third-order valence-electron chi connectivity index (χ3n) is 4.90. The molecule has 4 rings (SSSR count). The molecule has 0 unspecified atom stereocenters. The molecule has 0 spiro atoms. The van der Waals surface area contributed by atoms with Crippen molar-refractivity contribution in [1.29, 1.82) is 0 Å². The summed E-state index contributed by atoms with van der Waals surface area (Å²) in [5.41, 5.74) is 5.44. The molecule has 0 atom stereocenters. The molecule has 0 saturated heterocycles. The van der Waals surface area contributed by atoms with Crippen molar-refractivity contribution < 1.29 is 9.47 Å². The second-order valence-electron chi connectivity index (χ2n) is 6.98. The highest BCUT2D eigenvalue weighted by Gasteiger charge is 2.13. The molecule has 0 bridgehead atoms. The molecule has 1 aliphatic rings. The van der Waals surface area contributed by atoms with Gasteiger partial charge in [0, 0.05) is 29.2 Å². The molecule has 29 heavy (non-hydrogen) atoms. The summed E-state index contributed by atoms with van der Waals surface area (Å²) in [6, 6.07) is 14.1. The van der Waals surface area contributed by atoms with Crippen LogP contribution in [-0.4, -0.2) is 23.2 Å². The molecule has 2 heterocycles. The Hall–Kier alpha value is -3.28. The summed E-state index contributed by atoms with van der Waals surface area (Å²) < 4.78 is 11.2. The summed E-state index contributed by atoms with van der Waals surface area (Å²) >= 11 is 0. The van der Waals surface area contributed by atoms with Crippen LogP contribution in [0.2, 0.25) is 0 Å². The minimum Gasteiger partial charge on any atom is -0.486 e. The SMILES string of the molecule is CCc1cccc(CC)c1Nc1cc(C)nc(Nc2ccc3c(c2)OCCO3)n1. The molecular weight excluding hydrogens is 364 g/mol. The van der Waals surface area contributed by atoms with E-state index >= 15 is 0 Å². The summed E-state index contributed by atoms with van der Waals surface area (Å²) in [4.78, 5) is 9.22. The number of fused-ring (bicyclic) bond motifs is 1. The van der Waals surface area contributed by atoms with Crippen molar-refractivity contribution in [1.82, 2.24) is 9.97 Å². The van der Waals surface area contributed by atoms with Gasteiger partial charge in [-0.05, 0) is 43.0 Å². The van der Waals surface area contributed by atoms with Crippen LogP contribution in [0.3, 0.4) is 0 Å². The molecule has 0 amide bonds. The maximum Gasteiger partial charge on any atom is 0.229 e. The van der Waals surface area contributed by atoms with Crippen molar-refractivity contribution in [3.05, 3.63) is 59.3 Å². The molecule has 6 heteroatoms. The van der Waals surface area contributed by atoms with Crippen LogP contribution in [0.15, 0.2) is 42.5 Å². The van der Waals surface area contributed by atoms with Gasteiger partial charge in [-0.25, -0.2) is 4.98 Å². The van der Waals surface area contributed by atoms with E-state index in [1.165, 1.54) is 11.1 Å². The quantitative estimate of drug-likeness (QED) is 0.605. The minimum atomic E-state index is 0.538. The van der Waals surface area contributed by atoms with E-state index in [1.54, 1.807) is 0 Å². The Labute approximate surface area is 171 Å². The molecule has 3 aromatic rings. The molecule has 1 aromatic heterocycles. The molecule has 1 aliphatic heterocycles. The van der Waals surface area contributed by atoms with Crippen LogP contribution < -0.4 is 20.1 Å². The number of nitrogens with one attached hydrogen (secondary N) is 2. The Morgan fingerprint density at radius 3 is 2.31 bits per heavy atom. The van der Waals surface area contributed by atoms with E-state index in [1.807, 2.05) is 31.2 Å². The van der Waals surface area contributed by atoms with Gasteiger partial charge in [0.05, 0.1) is 0 Å². The molecule has 0 aliphatic carbocycles. The number of benzene rings is 2. The van der Waals surface area contributed by atoms with E-state index in [-0.39, 0.29) is 0 Å². The van der Waals surface area contributed by atoms with E-state index in [9.17, 15) is 0 Å². The number of ether oxygens (including phenoxy) is 2. The monoisotopic (exact) mass is 390 g/mol. The topological polar surface area (TPSA) is 68.3 Å². The van der Waals surface area contributed by atoms with E-state index in [0.717, 1.165) is 47.2 Å². The zero-order valence-electron chi connectivity index (χ0n) is 17.1. The highest BCUT2D eigenvalue weighted by Crippen LogP contribution is 2.33. The van der Waals surface area contributed by atoms with Crippen molar-refractivity contribution in [2.75, 3.05) is 23.8 Å². The van der Waals surface area contributed by atoms with E-state index < -0.39 is 0 Å². The zero-order valence-corrected chi connectivity index (χ0v) is 17.1. The summed E-state index contributed by atoms with van der Waals surface area (Å²) in [6.45, 7) is 7.44. The van der Waals surface area contributed by atoms with Gasteiger partial charge in [-0.15, -0.1) is 0 Å². The van der Waals surface area contributed by atoms with Gasteiger partial charge in [0.1, 0.15) is 19.0 Å². The minimum absolute atomic E-state index is 0.538. The molecule has 0 fully saturated rings. The highest BCUT2D eigenvalue weighted by molar-refractivity contribution is 5.67. The number of aryl methyl sites for hydroxylation is 3. The molecular formula is C23H26N4O2. The van der Waals surface area contributed by atoms with Crippen molar-refractivity contribution >= 4 is 23.1 Å². The first-order valence-electron chi connectivity index (χ1n) is 10.1. The zero-order chi connectivity index (χ0) is 20.2. The molecule has 2 N–H and O–H groups in total. The summed E-state index contributed by atoms with van der Waals surface area (Å²) in [7, 11) is 0. The van der Waals surface area contributed by atoms with Crippen LogP contribution in [0.1, 0.15) is 30.7 Å². The average Bonchev–Trinajstić information content (AvgIpc) is 2.73. The Balaban J connectivity index is 1.60. The Bertz CT molecular complexity index is 998. The van der Waals surface area contributed by atoms with Crippen LogP contribution >= 0.6 is 0 Å². The summed E-state index contributed by atoms with van der Waals surface area (Å²) in [5, 5.41) is 6.80. The van der Waals surface area contributed by atoms with Crippen molar-refractivity contribution in [3.8, 4) is 11.5 Å². The number of hydrogen-bond acceptors (Lipinski definition) is 6. The average molecular weight is 390 g/mol. The molecule has 6 nitrogen and oxygen atoms in total. The number of aromatic nitrogens is 2. The lowest BCUT2D eigenvalue weighted by molar-refractivity contribution is 0.171. The maximum atomic E-state index is 5.66. The van der Waals surface area contributed by atoms with Crippen molar-refractivity contribution in [2.45, 2.75) is 33.6 Å². The van der Waals surface area contributed by atoms with Gasteiger partial charge in [-0.1, -0.05) is 32.0 Å². The van der Waals surface area contributed by atoms with Gasteiger partial charge in [0.2, 0.25) is 5.95 Å². The fraction of sp³-hybridized carbons (Fsp3) is 0.304. The molecule has 0 saturated carbocycles. The van der Waals surface area contributed by atoms with E-state index in [4.69, 9.17) is 9.47 Å². The largest absolute Gasteiger partial charge is 0.486 e. The number of para-hydroxylation sites is 1. The second-order valence-corrected chi connectivity index (χ2v) is 6.98. The van der Waals surface area contributed by atoms with E-state index in [0.29, 0.717) is 19.2 Å². The van der Waals surface area contributed by atoms with Crippen molar-refractivity contribution in [2.24, 2.45) is 0 Å². The second kappa shape index (κ2) is 8.39. The molecule has 0 radical (unpaired) electrons. The lowest BCUT2D eigenvalue weighted by Crippen LogP contribution is -2.15. The van der Waals surface area contributed by atoms with Crippen LogP contribution in [0.4, 0.5) is 23.1 Å². The first-order valence-corrected chi connectivity index (χ1v) is 10.1. The normalized spacial score (nSPS) is 12.5. The van der Waals surface area contributed by atoms with Gasteiger partial charge in [0.15, 0.2) is 11.5 Å². The number of rotatable bonds is 6. The number of hydrogen-bond donors (Lipinski definition) is 2. The van der Waals surface area contributed by atoms with Crippen LogP contribution in [0, 0.1) is 6.92 Å². The molecule has 2 aromatic carbocycles. The summed E-state index contributed by atoms with van der Waals surface area (Å²) in [5.74, 6) is 2.80. The van der Waals surface area contributed by atoms with Gasteiger partial charge in [0.25, 0.3) is 0 Å². The fourth-order valence-corrected chi connectivity index (χ4v) is 3.47. The van der Waals surface area contributed by atoms with Gasteiger partial charge < -0.3 is 20.1 Å². The fourth-order valence-electron chi connectivity index (χ4n) is 3.47. The lowest BCUT2D eigenvalue weighted by Gasteiger charge is -2.19. The molecule has 150 valence electrons. The highest BCUT2D eigenvalue weighted by atomic mass is 16.6. The number of anilines is 4.